The Balaban J connectivity index is 1.41. The number of aromatic nitrogens is 2. The average molecular weight is 397 g/mol. The first kappa shape index (κ1) is 18.4. The van der Waals surface area contributed by atoms with E-state index in [0.29, 0.717) is 28.9 Å². The number of ether oxygens (including phenoxy) is 2. The van der Waals surface area contributed by atoms with Crippen LogP contribution in [0.3, 0.4) is 0 Å². The van der Waals surface area contributed by atoms with Crippen LogP contribution in [-0.4, -0.2) is 28.1 Å². The fourth-order valence-corrected chi connectivity index (χ4v) is 3.65. The van der Waals surface area contributed by atoms with E-state index in [1.807, 2.05) is 36.4 Å². The number of hydrogen-bond acceptors (Lipinski definition) is 7. The smallest absolute Gasteiger partial charge is 0.322 e. The second-order valence-electron chi connectivity index (χ2n) is 6.51. The number of fused-ring (bicyclic) bond motifs is 1. The molecule has 0 bridgehead atoms. The van der Waals surface area contributed by atoms with E-state index < -0.39 is 0 Å². The zero-order valence-electron chi connectivity index (χ0n) is 15.5. The van der Waals surface area contributed by atoms with Crippen molar-refractivity contribution in [2.75, 3.05) is 12.1 Å². The van der Waals surface area contributed by atoms with E-state index in [0.717, 1.165) is 16.2 Å². The van der Waals surface area contributed by atoms with Gasteiger partial charge in [0.1, 0.15) is 0 Å². The zero-order chi connectivity index (χ0) is 19.5. The zero-order valence-corrected chi connectivity index (χ0v) is 16.3. The maximum atomic E-state index is 12.5. The van der Waals surface area contributed by atoms with E-state index in [4.69, 9.17) is 13.9 Å². The molecule has 0 saturated heterocycles. The maximum absolute atomic E-state index is 12.5. The standard InChI is InChI=1S/C20H19N3O4S/c1-12(2)28-15-5-3-4-14(10-15)19(24)21-20-23-22-18(27-20)9-13-6-7-16-17(8-13)26-11-25-16/h3-8,10,12H,9,11H2,1-2H3,(H,21,23,24). The summed E-state index contributed by atoms with van der Waals surface area (Å²) in [6.45, 7) is 4.45. The van der Waals surface area contributed by atoms with Gasteiger partial charge in [0.05, 0.1) is 6.42 Å². The van der Waals surface area contributed by atoms with Crippen LogP contribution in [0.25, 0.3) is 0 Å². The monoisotopic (exact) mass is 397 g/mol. The van der Waals surface area contributed by atoms with Crippen molar-refractivity contribution in [3.05, 3.63) is 59.5 Å². The molecule has 4 rings (SSSR count). The number of anilines is 1. The van der Waals surface area contributed by atoms with Crippen molar-refractivity contribution in [2.24, 2.45) is 0 Å². The number of benzene rings is 2. The van der Waals surface area contributed by atoms with Gasteiger partial charge < -0.3 is 13.9 Å². The highest BCUT2D eigenvalue weighted by Gasteiger charge is 2.16. The van der Waals surface area contributed by atoms with Crippen LogP contribution in [0.4, 0.5) is 6.01 Å². The first-order chi connectivity index (χ1) is 13.6. The van der Waals surface area contributed by atoms with Crippen molar-refractivity contribution in [3.8, 4) is 11.5 Å². The Morgan fingerprint density at radius 2 is 2.00 bits per heavy atom. The summed E-state index contributed by atoms with van der Waals surface area (Å²) in [5.41, 5.74) is 1.49. The number of carbonyl (C=O) groups excluding carboxylic acids is 1. The third-order valence-corrected chi connectivity index (χ3v) is 4.95. The molecule has 0 aliphatic carbocycles. The second kappa shape index (κ2) is 7.93. The predicted molar refractivity (Wildman–Crippen MR) is 105 cm³/mol. The van der Waals surface area contributed by atoms with Crippen LogP contribution in [0.15, 0.2) is 51.8 Å². The van der Waals surface area contributed by atoms with Gasteiger partial charge in [-0.1, -0.05) is 31.1 Å². The molecule has 1 aliphatic rings. The van der Waals surface area contributed by atoms with Crippen LogP contribution in [0, 0.1) is 0 Å². The molecule has 0 atom stereocenters. The molecule has 1 aromatic heterocycles. The fourth-order valence-electron chi connectivity index (χ4n) is 2.75. The molecule has 8 heteroatoms. The molecule has 28 heavy (non-hydrogen) atoms. The van der Waals surface area contributed by atoms with Crippen LogP contribution in [-0.2, 0) is 6.42 Å². The van der Waals surface area contributed by atoms with Gasteiger partial charge in [0, 0.05) is 15.7 Å². The third kappa shape index (κ3) is 4.28. The Morgan fingerprint density at radius 3 is 2.86 bits per heavy atom. The largest absolute Gasteiger partial charge is 0.454 e. The van der Waals surface area contributed by atoms with Gasteiger partial charge in [-0.15, -0.1) is 16.9 Å². The molecule has 3 aromatic rings. The van der Waals surface area contributed by atoms with Gasteiger partial charge in [-0.3, -0.25) is 10.1 Å². The molecule has 0 radical (unpaired) electrons. The molecule has 1 N–H and O–H groups in total. The topological polar surface area (TPSA) is 86.5 Å². The van der Waals surface area contributed by atoms with Crippen LogP contribution >= 0.6 is 11.8 Å². The lowest BCUT2D eigenvalue weighted by Gasteiger charge is -2.06. The highest BCUT2D eigenvalue weighted by molar-refractivity contribution is 7.99. The molecule has 0 unspecified atom stereocenters. The maximum Gasteiger partial charge on any atom is 0.322 e. The Bertz CT molecular complexity index is 1000. The van der Waals surface area contributed by atoms with E-state index >= 15 is 0 Å². The molecule has 2 aromatic carbocycles. The summed E-state index contributed by atoms with van der Waals surface area (Å²) < 4.78 is 16.2. The Kier molecular flexibility index (Phi) is 5.21. The summed E-state index contributed by atoms with van der Waals surface area (Å²) >= 11 is 1.70. The van der Waals surface area contributed by atoms with Crippen molar-refractivity contribution >= 4 is 23.7 Å². The second-order valence-corrected chi connectivity index (χ2v) is 8.16. The molecule has 1 amide bonds. The molecule has 0 fully saturated rings. The summed E-state index contributed by atoms with van der Waals surface area (Å²) in [5.74, 6) is 1.53. The van der Waals surface area contributed by atoms with Crippen molar-refractivity contribution < 1.29 is 18.7 Å². The molecular weight excluding hydrogens is 378 g/mol. The highest BCUT2D eigenvalue weighted by Crippen LogP contribution is 2.33. The van der Waals surface area contributed by atoms with Crippen molar-refractivity contribution in [1.29, 1.82) is 0 Å². The number of hydrogen-bond donors (Lipinski definition) is 1. The lowest BCUT2D eigenvalue weighted by molar-refractivity contribution is 0.102. The Labute approximate surface area is 166 Å². The van der Waals surface area contributed by atoms with Gasteiger partial charge in [-0.25, -0.2) is 0 Å². The summed E-state index contributed by atoms with van der Waals surface area (Å²) in [5, 5.41) is 11.0. The number of carbonyl (C=O) groups is 1. The molecule has 144 valence electrons. The normalized spacial score (nSPS) is 12.4. The fraction of sp³-hybridized carbons (Fsp3) is 0.250. The summed E-state index contributed by atoms with van der Waals surface area (Å²) in [4.78, 5) is 13.5. The van der Waals surface area contributed by atoms with Gasteiger partial charge in [0.2, 0.25) is 12.7 Å². The van der Waals surface area contributed by atoms with Crippen LogP contribution in [0.2, 0.25) is 0 Å². The van der Waals surface area contributed by atoms with Gasteiger partial charge >= 0.3 is 6.01 Å². The molecular formula is C20H19N3O4S. The Morgan fingerprint density at radius 1 is 1.14 bits per heavy atom. The number of nitrogens with one attached hydrogen (secondary N) is 1. The minimum absolute atomic E-state index is 0.0719. The van der Waals surface area contributed by atoms with Gasteiger partial charge in [-0.05, 0) is 35.9 Å². The van der Waals surface area contributed by atoms with Crippen LogP contribution < -0.4 is 14.8 Å². The average Bonchev–Trinajstić information content (AvgIpc) is 3.30. The van der Waals surface area contributed by atoms with Crippen molar-refractivity contribution in [1.82, 2.24) is 10.2 Å². The highest BCUT2D eigenvalue weighted by atomic mass is 32.2. The first-order valence-corrected chi connectivity index (χ1v) is 9.74. The van der Waals surface area contributed by atoms with Gasteiger partial charge in [-0.2, -0.15) is 0 Å². The quantitative estimate of drug-likeness (QED) is 0.626. The van der Waals surface area contributed by atoms with E-state index in [2.05, 4.69) is 29.4 Å². The summed E-state index contributed by atoms with van der Waals surface area (Å²) in [6.07, 6.45) is 0.431. The van der Waals surface area contributed by atoms with E-state index in [1.54, 1.807) is 17.8 Å². The van der Waals surface area contributed by atoms with Crippen molar-refractivity contribution in [3.63, 3.8) is 0 Å². The number of thioether (sulfide) groups is 1. The first-order valence-electron chi connectivity index (χ1n) is 8.86. The molecule has 7 nitrogen and oxygen atoms in total. The number of amides is 1. The van der Waals surface area contributed by atoms with E-state index in [-0.39, 0.29) is 18.7 Å². The summed E-state index contributed by atoms with van der Waals surface area (Å²) in [7, 11) is 0. The third-order valence-electron chi connectivity index (χ3n) is 3.95. The lowest BCUT2D eigenvalue weighted by Crippen LogP contribution is -2.12. The number of nitrogens with zero attached hydrogens (tertiary/aromatic N) is 2. The van der Waals surface area contributed by atoms with Gasteiger partial charge in [0.25, 0.3) is 5.91 Å². The van der Waals surface area contributed by atoms with Crippen LogP contribution in [0.5, 0.6) is 11.5 Å². The summed E-state index contributed by atoms with van der Waals surface area (Å²) in [6, 6.07) is 13.2. The molecule has 2 heterocycles. The minimum atomic E-state index is -0.288. The van der Waals surface area contributed by atoms with E-state index in [1.165, 1.54) is 0 Å². The number of rotatable bonds is 6. The Hall–Kier alpha value is -3.00. The molecule has 0 spiro atoms. The minimum Gasteiger partial charge on any atom is -0.454 e. The lowest BCUT2D eigenvalue weighted by atomic mass is 10.1. The van der Waals surface area contributed by atoms with Crippen LogP contribution in [0.1, 0.15) is 35.7 Å². The van der Waals surface area contributed by atoms with Crippen molar-refractivity contribution in [2.45, 2.75) is 30.4 Å². The SMILES string of the molecule is CC(C)Sc1cccc(C(=O)Nc2nnc(Cc3ccc4c(c3)OCO4)o2)c1. The molecule has 0 saturated carbocycles. The molecule has 1 aliphatic heterocycles. The van der Waals surface area contributed by atoms with Gasteiger partial charge in [0.15, 0.2) is 11.5 Å². The van der Waals surface area contributed by atoms with E-state index in [9.17, 15) is 4.79 Å². The predicted octanol–water partition coefficient (Wildman–Crippen LogP) is 4.14.